The predicted molar refractivity (Wildman–Crippen MR) is 115 cm³/mol. The fourth-order valence-corrected chi connectivity index (χ4v) is 3.89. The summed E-state index contributed by atoms with van der Waals surface area (Å²) >= 11 is 1.61. The van der Waals surface area contributed by atoms with E-state index in [1.54, 1.807) is 11.3 Å². The maximum atomic E-state index is 12.2. The van der Waals surface area contributed by atoms with E-state index in [0.29, 0.717) is 13.0 Å². The summed E-state index contributed by atoms with van der Waals surface area (Å²) in [7, 11) is 0. The van der Waals surface area contributed by atoms with Gasteiger partial charge in [-0.1, -0.05) is 48.5 Å². The van der Waals surface area contributed by atoms with Gasteiger partial charge in [0.15, 0.2) is 0 Å². The normalized spacial score (nSPS) is 10.8. The molecule has 0 saturated carbocycles. The van der Waals surface area contributed by atoms with Gasteiger partial charge in [0.2, 0.25) is 5.91 Å². The third-order valence-electron chi connectivity index (χ3n) is 4.53. The van der Waals surface area contributed by atoms with Gasteiger partial charge in [-0.15, -0.1) is 11.3 Å². The van der Waals surface area contributed by atoms with E-state index in [4.69, 9.17) is 0 Å². The molecule has 0 fully saturated rings. The summed E-state index contributed by atoms with van der Waals surface area (Å²) in [6.45, 7) is 0.584. The minimum absolute atomic E-state index is 0.00277. The minimum Gasteiger partial charge on any atom is -0.355 e. The van der Waals surface area contributed by atoms with Crippen LogP contribution < -0.4 is 5.32 Å². The Morgan fingerprint density at radius 2 is 1.76 bits per heavy atom. The summed E-state index contributed by atoms with van der Waals surface area (Å²) < 4.78 is 1.85. The van der Waals surface area contributed by atoms with Crippen LogP contribution in [0, 0.1) is 0 Å². The van der Waals surface area contributed by atoms with Gasteiger partial charge in [-0.3, -0.25) is 4.79 Å². The number of rotatable bonds is 8. The van der Waals surface area contributed by atoms with Crippen molar-refractivity contribution in [2.75, 3.05) is 6.54 Å². The number of amides is 1. The number of hydrogen-bond donors (Lipinski definition) is 1. The zero-order valence-electron chi connectivity index (χ0n) is 16.0. The average molecular weight is 403 g/mol. The monoisotopic (exact) mass is 402 g/mol. The Kier molecular flexibility index (Phi) is 6.12. The van der Waals surface area contributed by atoms with Crippen LogP contribution in [0.4, 0.5) is 0 Å². The second-order valence-corrected chi connectivity index (χ2v) is 7.74. The van der Waals surface area contributed by atoms with Gasteiger partial charge in [0, 0.05) is 24.5 Å². The van der Waals surface area contributed by atoms with Gasteiger partial charge in [0.05, 0.1) is 29.0 Å². The van der Waals surface area contributed by atoms with Crippen LogP contribution in [0.5, 0.6) is 0 Å². The highest BCUT2D eigenvalue weighted by Crippen LogP contribution is 2.15. The van der Waals surface area contributed by atoms with Crippen molar-refractivity contribution in [3.8, 4) is 5.69 Å². The highest BCUT2D eigenvalue weighted by molar-refractivity contribution is 7.09. The molecule has 0 aliphatic heterocycles. The summed E-state index contributed by atoms with van der Waals surface area (Å²) in [4.78, 5) is 16.8. The lowest BCUT2D eigenvalue weighted by molar-refractivity contribution is -0.120. The summed E-state index contributed by atoms with van der Waals surface area (Å²) in [6, 6.07) is 20.2. The van der Waals surface area contributed by atoms with E-state index < -0.39 is 0 Å². The van der Waals surface area contributed by atoms with Crippen LogP contribution >= 0.6 is 11.3 Å². The molecule has 2 aromatic carbocycles. The molecular weight excluding hydrogens is 380 g/mol. The van der Waals surface area contributed by atoms with E-state index >= 15 is 0 Å². The van der Waals surface area contributed by atoms with Crippen molar-refractivity contribution in [1.82, 2.24) is 20.1 Å². The van der Waals surface area contributed by atoms with Crippen LogP contribution in [-0.4, -0.2) is 27.2 Å². The van der Waals surface area contributed by atoms with E-state index in [1.165, 1.54) is 5.56 Å². The zero-order chi connectivity index (χ0) is 19.9. The Morgan fingerprint density at radius 1 is 1.00 bits per heavy atom. The number of carbonyl (C=O) groups excluding carboxylic acids is 1. The van der Waals surface area contributed by atoms with Crippen molar-refractivity contribution < 1.29 is 4.79 Å². The number of thiazole rings is 1. The summed E-state index contributed by atoms with van der Waals surface area (Å²) in [5.74, 6) is -0.00277. The molecule has 6 heteroatoms. The first-order chi connectivity index (χ1) is 14.3. The molecule has 29 heavy (non-hydrogen) atoms. The molecule has 1 amide bonds. The van der Waals surface area contributed by atoms with Gasteiger partial charge < -0.3 is 5.32 Å². The van der Waals surface area contributed by atoms with E-state index in [1.807, 2.05) is 71.0 Å². The topological polar surface area (TPSA) is 59.8 Å². The van der Waals surface area contributed by atoms with E-state index in [2.05, 4.69) is 27.5 Å². The van der Waals surface area contributed by atoms with E-state index in [0.717, 1.165) is 34.8 Å². The fraction of sp³-hybridized carbons (Fsp3) is 0.174. The van der Waals surface area contributed by atoms with Gasteiger partial charge in [0.1, 0.15) is 0 Å². The van der Waals surface area contributed by atoms with Crippen molar-refractivity contribution >= 4 is 17.2 Å². The minimum atomic E-state index is -0.00277. The van der Waals surface area contributed by atoms with Crippen LogP contribution in [0.1, 0.15) is 21.8 Å². The molecule has 0 bridgehead atoms. The second-order valence-electron chi connectivity index (χ2n) is 6.80. The zero-order valence-corrected chi connectivity index (χ0v) is 16.8. The van der Waals surface area contributed by atoms with Crippen molar-refractivity contribution in [3.63, 3.8) is 0 Å². The Morgan fingerprint density at radius 3 is 2.55 bits per heavy atom. The molecule has 0 spiro atoms. The first-order valence-corrected chi connectivity index (χ1v) is 10.5. The molecule has 2 aromatic heterocycles. The molecule has 0 aliphatic rings. The smallest absolute Gasteiger partial charge is 0.226 e. The molecule has 0 saturated heterocycles. The van der Waals surface area contributed by atoms with Crippen LogP contribution in [0.2, 0.25) is 0 Å². The number of aromatic nitrogens is 3. The molecule has 2 heterocycles. The Hall–Kier alpha value is -3.25. The third kappa shape index (κ3) is 5.39. The first-order valence-electron chi connectivity index (χ1n) is 9.59. The average Bonchev–Trinajstić information content (AvgIpc) is 3.39. The standard InChI is InChI=1S/C23H22N4OS/c28-22(14-20-17-29-23(26-20)13-18-7-3-1-4-8-18)24-12-11-19-15-25-27(16-19)21-9-5-2-6-10-21/h1-10,15-17H,11-14H2,(H,24,28). The molecule has 1 N–H and O–H groups in total. The molecule has 0 radical (unpaired) electrons. The molecule has 5 nitrogen and oxygen atoms in total. The molecular formula is C23H22N4OS. The maximum Gasteiger partial charge on any atom is 0.226 e. The molecule has 0 aliphatic carbocycles. The molecule has 0 atom stereocenters. The second kappa shape index (κ2) is 9.30. The van der Waals surface area contributed by atoms with Crippen LogP contribution in [0.3, 0.4) is 0 Å². The predicted octanol–water partition coefficient (Wildman–Crippen LogP) is 3.82. The third-order valence-corrected chi connectivity index (χ3v) is 5.43. The van der Waals surface area contributed by atoms with Gasteiger partial charge >= 0.3 is 0 Å². The number of nitrogens with one attached hydrogen (secondary N) is 1. The lowest BCUT2D eigenvalue weighted by Crippen LogP contribution is -2.27. The van der Waals surface area contributed by atoms with Crippen molar-refractivity contribution in [1.29, 1.82) is 0 Å². The van der Waals surface area contributed by atoms with Gasteiger partial charge in [-0.25, -0.2) is 9.67 Å². The summed E-state index contributed by atoms with van der Waals surface area (Å²) in [6.07, 6.45) is 5.70. The highest BCUT2D eigenvalue weighted by atomic mass is 32.1. The largest absolute Gasteiger partial charge is 0.355 e. The lowest BCUT2D eigenvalue weighted by Gasteiger charge is -2.03. The Labute approximate surface area is 174 Å². The first kappa shape index (κ1) is 19.1. The summed E-state index contributed by atoms with van der Waals surface area (Å²) in [5, 5.41) is 10.4. The number of hydrogen-bond acceptors (Lipinski definition) is 4. The van der Waals surface area contributed by atoms with Crippen molar-refractivity contribution in [3.05, 3.63) is 100 Å². The maximum absolute atomic E-state index is 12.2. The Balaban J connectivity index is 1.23. The number of nitrogens with zero attached hydrogens (tertiary/aromatic N) is 3. The van der Waals surface area contributed by atoms with Crippen LogP contribution in [-0.2, 0) is 24.1 Å². The Bertz CT molecular complexity index is 1060. The summed E-state index contributed by atoms with van der Waals surface area (Å²) in [5.41, 5.74) is 4.18. The number of benzene rings is 2. The van der Waals surface area contributed by atoms with Crippen LogP contribution in [0.15, 0.2) is 78.4 Å². The SMILES string of the molecule is O=C(Cc1csc(Cc2ccccc2)n1)NCCc1cnn(-c2ccccc2)c1. The number of para-hydroxylation sites is 1. The van der Waals surface area contributed by atoms with Crippen molar-refractivity contribution in [2.45, 2.75) is 19.3 Å². The van der Waals surface area contributed by atoms with Crippen LogP contribution in [0.25, 0.3) is 5.69 Å². The fourth-order valence-electron chi connectivity index (χ4n) is 3.07. The van der Waals surface area contributed by atoms with Gasteiger partial charge in [-0.2, -0.15) is 5.10 Å². The lowest BCUT2D eigenvalue weighted by atomic mass is 10.2. The number of carbonyl (C=O) groups is 1. The molecule has 146 valence electrons. The molecule has 4 rings (SSSR count). The van der Waals surface area contributed by atoms with E-state index in [9.17, 15) is 4.79 Å². The highest BCUT2D eigenvalue weighted by Gasteiger charge is 2.09. The van der Waals surface area contributed by atoms with Gasteiger partial charge in [0.25, 0.3) is 0 Å². The van der Waals surface area contributed by atoms with Crippen molar-refractivity contribution in [2.24, 2.45) is 0 Å². The molecule has 0 unspecified atom stereocenters. The van der Waals surface area contributed by atoms with Gasteiger partial charge in [-0.05, 0) is 29.7 Å². The molecule has 4 aromatic rings. The quantitative estimate of drug-likeness (QED) is 0.487. The van der Waals surface area contributed by atoms with E-state index in [-0.39, 0.29) is 5.91 Å².